The van der Waals surface area contributed by atoms with Gasteiger partial charge in [0.15, 0.2) is 0 Å². The van der Waals surface area contributed by atoms with Crippen LogP contribution in [-0.2, 0) is 26.5 Å². The molecular formula is C23H23ClN2O5S2. The normalized spacial score (nSPS) is 14.0. The van der Waals surface area contributed by atoms with Crippen molar-refractivity contribution in [1.82, 2.24) is 0 Å². The lowest BCUT2D eigenvalue weighted by Crippen LogP contribution is -2.35. The van der Waals surface area contributed by atoms with Crippen LogP contribution in [0, 0.1) is 6.92 Å². The minimum absolute atomic E-state index is 0.0939. The number of aryl methyl sites for hydroxylation is 2. The predicted octanol–water partition coefficient (Wildman–Crippen LogP) is 4.60. The number of nitrogens with zero attached hydrogens (tertiary/aromatic N) is 1. The van der Waals surface area contributed by atoms with Crippen LogP contribution in [0.25, 0.3) is 0 Å². The number of methoxy groups -OCH3 is 1. The fraction of sp³-hybridized carbons (Fsp3) is 0.217. The first kappa shape index (κ1) is 23.4. The average Bonchev–Trinajstić information content (AvgIpc) is 2.79. The highest BCUT2D eigenvalue weighted by Crippen LogP contribution is 2.35. The molecule has 3 aromatic rings. The number of fused-ring (bicyclic) bond motifs is 1. The molecule has 0 fully saturated rings. The molecular weight excluding hydrogens is 484 g/mol. The quantitative estimate of drug-likeness (QED) is 0.527. The molecule has 1 aliphatic rings. The predicted molar refractivity (Wildman–Crippen MR) is 129 cm³/mol. The zero-order valence-corrected chi connectivity index (χ0v) is 20.5. The maximum atomic E-state index is 13.3. The van der Waals surface area contributed by atoms with Gasteiger partial charge in [0, 0.05) is 17.3 Å². The number of anilines is 2. The van der Waals surface area contributed by atoms with E-state index in [1.54, 1.807) is 49.4 Å². The summed E-state index contributed by atoms with van der Waals surface area (Å²) in [5.74, 6) is 0.569. The van der Waals surface area contributed by atoms with Gasteiger partial charge >= 0.3 is 0 Å². The number of nitrogens with one attached hydrogen (secondary N) is 1. The maximum absolute atomic E-state index is 13.3. The third kappa shape index (κ3) is 4.66. The summed E-state index contributed by atoms with van der Waals surface area (Å²) in [5.41, 5.74) is 2.22. The fourth-order valence-corrected chi connectivity index (χ4v) is 6.92. The Bertz CT molecular complexity index is 1410. The second kappa shape index (κ2) is 8.89. The van der Waals surface area contributed by atoms with E-state index in [2.05, 4.69) is 4.72 Å². The summed E-state index contributed by atoms with van der Waals surface area (Å²) in [6, 6.07) is 15.8. The zero-order valence-electron chi connectivity index (χ0n) is 18.1. The van der Waals surface area contributed by atoms with Gasteiger partial charge in [0.25, 0.3) is 20.0 Å². The summed E-state index contributed by atoms with van der Waals surface area (Å²) in [6.07, 6.45) is 1.25. The minimum atomic E-state index is -3.86. The highest BCUT2D eigenvalue weighted by molar-refractivity contribution is 7.93. The summed E-state index contributed by atoms with van der Waals surface area (Å²) >= 11 is 5.99. The van der Waals surface area contributed by atoms with Gasteiger partial charge in [0.05, 0.1) is 22.6 Å². The van der Waals surface area contributed by atoms with Crippen LogP contribution in [-0.4, -0.2) is 30.5 Å². The van der Waals surface area contributed by atoms with Crippen molar-refractivity contribution in [3.63, 3.8) is 0 Å². The Balaban J connectivity index is 1.65. The van der Waals surface area contributed by atoms with Gasteiger partial charge in [-0.2, -0.15) is 0 Å². The van der Waals surface area contributed by atoms with Gasteiger partial charge in [-0.3, -0.25) is 9.03 Å². The number of rotatable bonds is 6. The van der Waals surface area contributed by atoms with E-state index in [0.717, 1.165) is 5.56 Å². The average molecular weight is 507 g/mol. The van der Waals surface area contributed by atoms with E-state index in [9.17, 15) is 16.8 Å². The minimum Gasteiger partial charge on any atom is -0.497 e. The van der Waals surface area contributed by atoms with Crippen molar-refractivity contribution in [1.29, 1.82) is 0 Å². The molecule has 1 aliphatic heterocycles. The first-order valence-corrected chi connectivity index (χ1v) is 13.5. The van der Waals surface area contributed by atoms with E-state index in [1.165, 1.54) is 29.6 Å². The highest BCUT2D eigenvalue weighted by atomic mass is 35.5. The van der Waals surface area contributed by atoms with E-state index in [1.807, 2.05) is 0 Å². The van der Waals surface area contributed by atoms with E-state index >= 15 is 0 Å². The number of hydrogen-bond acceptors (Lipinski definition) is 5. The number of sulfonamides is 2. The Kier molecular flexibility index (Phi) is 6.30. The van der Waals surface area contributed by atoms with Crippen LogP contribution in [0.3, 0.4) is 0 Å². The van der Waals surface area contributed by atoms with Gasteiger partial charge in [-0.05, 0) is 85.5 Å². The van der Waals surface area contributed by atoms with Crippen molar-refractivity contribution in [2.45, 2.75) is 29.6 Å². The molecule has 4 rings (SSSR count). The van der Waals surface area contributed by atoms with Crippen molar-refractivity contribution < 1.29 is 21.6 Å². The van der Waals surface area contributed by atoms with E-state index in [-0.39, 0.29) is 9.79 Å². The first-order chi connectivity index (χ1) is 15.6. The Labute approximate surface area is 199 Å². The third-order valence-corrected chi connectivity index (χ3v) is 9.08. The number of ether oxygens (including phenoxy) is 1. The smallest absolute Gasteiger partial charge is 0.264 e. The number of benzene rings is 3. The summed E-state index contributed by atoms with van der Waals surface area (Å²) < 4.78 is 61.5. The molecule has 174 valence electrons. The van der Waals surface area contributed by atoms with Crippen LogP contribution in [0.1, 0.15) is 17.5 Å². The molecule has 33 heavy (non-hydrogen) atoms. The maximum Gasteiger partial charge on any atom is 0.264 e. The first-order valence-electron chi connectivity index (χ1n) is 10.2. The van der Waals surface area contributed by atoms with E-state index in [4.69, 9.17) is 16.3 Å². The third-order valence-electron chi connectivity index (χ3n) is 5.49. The van der Waals surface area contributed by atoms with Crippen molar-refractivity contribution in [2.24, 2.45) is 0 Å². The van der Waals surface area contributed by atoms with Gasteiger partial charge < -0.3 is 4.74 Å². The number of hydrogen-bond donors (Lipinski definition) is 1. The van der Waals surface area contributed by atoms with Crippen LogP contribution < -0.4 is 13.8 Å². The van der Waals surface area contributed by atoms with E-state index in [0.29, 0.717) is 47.1 Å². The van der Waals surface area contributed by atoms with Crippen LogP contribution >= 0.6 is 11.6 Å². The summed E-state index contributed by atoms with van der Waals surface area (Å²) in [4.78, 5) is 0.258. The lowest BCUT2D eigenvalue weighted by atomic mass is 10.0. The molecule has 0 radical (unpaired) electrons. The summed E-state index contributed by atoms with van der Waals surface area (Å²) in [7, 11) is -6.12. The molecule has 0 aromatic heterocycles. The van der Waals surface area contributed by atoms with Gasteiger partial charge in [-0.25, -0.2) is 16.8 Å². The molecule has 0 atom stereocenters. The van der Waals surface area contributed by atoms with Gasteiger partial charge in [0.2, 0.25) is 0 Å². The van der Waals surface area contributed by atoms with Crippen LogP contribution in [0.15, 0.2) is 70.5 Å². The Hall–Kier alpha value is -2.75. The lowest BCUT2D eigenvalue weighted by Gasteiger charge is -2.31. The van der Waals surface area contributed by atoms with Crippen molar-refractivity contribution in [3.05, 3.63) is 76.8 Å². The van der Waals surface area contributed by atoms with Gasteiger partial charge in [0.1, 0.15) is 5.75 Å². The second-order valence-corrected chi connectivity index (χ2v) is 11.7. The Morgan fingerprint density at radius 2 is 1.70 bits per heavy atom. The van der Waals surface area contributed by atoms with Crippen LogP contribution in [0.5, 0.6) is 5.75 Å². The van der Waals surface area contributed by atoms with Crippen molar-refractivity contribution >= 4 is 43.0 Å². The summed E-state index contributed by atoms with van der Waals surface area (Å²) in [6.45, 7) is 2.04. The molecule has 7 nitrogen and oxygen atoms in total. The summed E-state index contributed by atoms with van der Waals surface area (Å²) in [5, 5.41) is 0.325. The molecule has 1 heterocycles. The molecule has 0 aliphatic carbocycles. The molecule has 0 spiro atoms. The standard InChI is InChI=1S/C23H23ClN2O5S2/c1-16-5-6-18(24)15-23(16)32(27,28)25-19-7-12-22-17(14-19)4-3-13-26(22)33(29,30)21-10-8-20(31-2)9-11-21/h5-12,14-15,25H,3-4,13H2,1-2H3. The second-order valence-electron chi connectivity index (χ2n) is 7.72. The number of halogens is 1. The van der Waals surface area contributed by atoms with Gasteiger partial charge in [-0.15, -0.1) is 0 Å². The molecule has 1 N–H and O–H groups in total. The fourth-order valence-electron chi connectivity index (χ4n) is 3.82. The van der Waals surface area contributed by atoms with E-state index < -0.39 is 20.0 Å². The van der Waals surface area contributed by atoms with Crippen molar-refractivity contribution in [2.75, 3.05) is 22.7 Å². The molecule has 0 bridgehead atoms. The molecule has 0 saturated carbocycles. The Morgan fingerprint density at radius 1 is 0.970 bits per heavy atom. The zero-order chi connectivity index (χ0) is 23.8. The molecule has 10 heteroatoms. The Morgan fingerprint density at radius 3 is 2.39 bits per heavy atom. The SMILES string of the molecule is COc1ccc(S(=O)(=O)N2CCCc3cc(NS(=O)(=O)c4cc(Cl)ccc4C)ccc32)cc1. The molecule has 3 aromatic carbocycles. The van der Waals surface area contributed by atoms with Crippen molar-refractivity contribution in [3.8, 4) is 5.75 Å². The molecule has 0 saturated heterocycles. The monoisotopic (exact) mass is 506 g/mol. The van der Waals surface area contributed by atoms with Crippen LogP contribution in [0.4, 0.5) is 11.4 Å². The van der Waals surface area contributed by atoms with Crippen LogP contribution in [0.2, 0.25) is 5.02 Å². The molecule has 0 amide bonds. The lowest BCUT2D eigenvalue weighted by molar-refractivity contribution is 0.414. The van der Waals surface area contributed by atoms with Gasteiger partial charge in [-0.1, -0.05) is 17.7 Å². The highest BCUT2D eigenvalue weighted by Gasteiger charge is 2.29. The topological polar surface area (TPSA) is 92.8 Å². The largest absolute Gasteiger partial charge is 0.497 e. The molecule has 0 unspecified atom stereocenters.